The number of nitriles is 1. The van der Waals surface area contributed by atoms with Crippen LogP contribution in [0.15, 0.2) is 60.9 Å². The molecule has 0 atom stereocenters. The lowest BCUT2D eigenvalue weighted by Crippen LogP contribution is -2.15. The maximum atomic E-state index is 13.6. The predicted octanol–water partition coefficient (Wildman–Crippen LogP) is 3.39. The highest BCUT2D eigenvalue weighted by Crippen LogP contribution is 2.11. The maximum absolute atomic E-state index is 13.6. The molecule has 0 aliphatic carbocycles. The molecule has 1 amide bonds. The number of carbonyl (C=O) groups is 1. The zero-order valence-corrected chi connectivity index (χ0v) is 14.3. The van der Waals surface area contributed by atoms with Gasteiger partial charge in [-0.25, -0.2) is 14.4 Å². The van der Waals surface area contributed by atoms with Gasteiger partial charge in [0, 0.05) is 12.2 Å². The molecule has 0 spiro atoms. The van der Waals surface area contributed by atoms with E-state index in [9.17, 15) is 9.18 Å². The molecule has 0 fully saturated rings. The molecule has 3 rings (SSSR count). The van der Waals surface area contributed by atoms with Gasteiger partial charge in [-0.3, -0.25) is 4.79 Å². The summed E-state index contributed by atoms with van der Waals surface area (Å²) in [4.78, 5) is 20.4. The van der Waals surface area contributed by atoms with Crippen LogP contribution in [0.2, 0.25) is 0 Å². The number of carbonyl (C=O) groups excluding carboxylic acids is 1. The van der Waals surface area contributed by atoms with Crippen molar-refractivity contribution >= 4 is 17.4 Å². The fourth-order valence-electron chi connectivity index (χ4n) is 2.39. The molecule has 1 heterocycles. The summed E-state index contributed by atoms with van der Waals surface area (Å²) in [5.41, 5.74) is 1.86. The molecule has 0 saturated carbocycles. The first-order chi connectivity index (χ1) is 13.2. The van der Waals surface area contributed by atoms with E-state index in [1.807, 2.05) is 6.07 Å². The Balaban J connectivity index is 1.54. The molecule has 0 radical (unpaired) electrons. The first-order valence-electron chi connectivity index (χ1n) is 8.26. The van der Waals surface area contributed by atoms with Gasteiger partial charge in [0.25, 0.3) is 5.91 Å². The van der Waals surface area contributed by atoms with E-state index in [0.29, 0.717) is 35.6 Å². The minimum Gasteiger partial charge on any atom is -0.368 e. The monoisotopic (exact) mass is 361 g/mol. The number of nitrogens with zero attached hydrogens (tertiary/aromatic N) is 3. The van der Waals surface area contributed by atoms with Crippen LogP contribution >= 0.6 is 0 Å². The third-order valence-electron chi connectivity index (χ3n) is 3.81. The summed E-state index contributed by atoms with van der Waals surface area (Å²) in [6.07, 6.45) is 3.33. The number of halogens is 1. The quantitative estimate of drug-likeness (QED) is 0.702. The van der Waals surface area contributed by atoms with E-state index in [1.165, 1.54) is 18.5 Å². The van der Waals surface area contributed by atoms with Crippen LogP contribution in [0, 0.1) is 17.1 Å². The van der Waals surface area contributed by atoms with Crippen LogP contribution in [0.5, 0.6) is 0 Å². The van der Waals surface area contributed by atoms with Crippen LogP contribution in [0.1, 0.15) is 21.6 Å². The van der Waals surface area contributed by atoms with Crippen LogP contribution in [0.25, 0.3) is 0 Å². The second kappa shape index (κ2) is 8.54. The molecule has 0 bridgehead atoms. The van der Waals surface area contributed by atoms with Crippen molar-refractivity contribution in [3.8, 4) is 6.07 Å². The molecule has 6 nitrogen and oxygen atoms in total. The van der Waals surface area contributed by atoms with Gasteiger partial charge < -0.3 is 10.6 Å². The van der Waals surface area contributed by atoms with Gasteiger partial charge >= 0.3 is 0 Å². The van der Waals surface area contributed by atoms with Crippen LogP contribution in [0.4, 0.5) is 15.9 Å². The normalized spacial score (nSPS) is 10.1. The van der Waals surface area contributed by atoms with Crippen molar-refractivity contribution in [1.82, 2.24) is 9.97 Å². The lowest BCUT2D eigenvalue weighted by molar-refractivity contribution is 0.102. The van der Waals surface area contributed by atoms with Gasteiger partial charge in [0.1, 0.15) is 17.3 Å². The minimum atomic E-state index is -0.398. The highest BCUT2D eigenvalue weighted by molar-refractivity contribution is 6.02. The Kier molecular flexibility index (Phi) is 5.70. The molecule has 2 N–H and O–H groups in total. The Morgan fingerprint density at radius 2 is 1.85 bits per heavy atom. The topological polar surface area (TPSA) is 90.7 Å². The molecule has 0 aliphatic rings. The van der Waals surface area contributed by atoms with Crippen molar-refractivity contribution in [1.29, 1.82) is 5.26 Å². The van der Waals surface area contributed by atoms with Gasteiger partial charge in [0.2, 0.25) is 0 Å². The summed E-state index contributed by atoms with van der Waals surface area (Å²) >= 11 is 0. The third-order valence-corrected chi connectivity index (χ3v) is 3.81. The number of hydrogen-bond acceptors (Lipinski definition) is 5. The van der Waals surface area contributed by atoms with Crippen molar-refractivity contribution < 1.29 is 9.18 Å². The third kappa shape index (κ3) is 4.86. The van der Waals surface area contributed by atoms with Crippen molar-refractivity contribution in [2.45, 2.75) is 6.42 Å². The van der Waals surface area contributed by atoms with Crippen LogP contribution in [-0.2, 0) is 6.42 Å². The van der Waals surface area contributed by atoms with Gasteiger partial charge in [-0.1, -0.05) is 18.2 Å². The lowest BCUT2D eigenvalue weighted by atomic mass is 10.1. The van der Waals surface area contributed by atoms with E-state index in [1.54, 1.807) is 42.5 Å². The SMILES string of the molecule is N#Cc1ccc(NC(=O)c2cnc(NCCc3ccccc3F)cn2)cc1. The highest BCUT2D eigenvalue weighted by atomic mass is 19.1. The van der Waals surface area contributed by atoms with Gasteiger partial charge in [0.15, 0.2) is 0 Å². The fraction of sp³-hybridized carbons (Fsp3) is 0.100. The van der Waals surface area contributed by atoms with Gasteiger partial charge in [-0.15, -0.1) is 0 Å². The molecular formula is C20H16FN5O. The largest absolute Gasteiger partial charge is 0.368 e. The first-order valence-corrected chi connectivity index (χ1v) is 8.26. The number of anilines is 2. The van der Waals surface area contributed by atoms with E-state index in [2.05, 4.69) is 20.6 Å². The maximum Gasteiger partial charge on any atom is 0.275 e. The van der Waals surface area contributed by atoms with Gasteiger partial charge in [0.05, 0.1) is 24.0 Å². The Bertz CT molecular complexity index is 965. The molecular weight excluding hydrogens is 345 g/mol. The number of benzene rings is 2. The second-order valence-electron chi connectivity index (χ2n) is 5.70. The van der Waals surface area contributed by atoms with Gasteiger partial charge in [-0.2, -0.15) is 5.26 Å². The lowest BCUT2D eigenvalue weighted by Gasteiger charge is -2.07. The minimum absolute atomic E-state index is 0.166. The van der Waals surface area contributed by atoms with E-state index in [0.717, 1.165) is 0 Å². The van der Waals surface area contributed by atoms with Gasteiger partial charge in [-0.05, 0) is 42.3 Å². The molecule has 27 heavy (non-hydrogen) atoms. The summed E-state index contributed by atoms with van der Waals surface area (Å²) < 4.78 is 13.6. The Morgan fingerprint density at radius 1 is 1.07 bits per heavy atom. The molecule has 0 aliphatic heterocycles. The summed E-state index contributed by atoms with van der Waals surface area (Å²) in [7, 11) is 0. The summed E-state index contributed by atoms with van der Waals surface area (Å²) in [5.74, 6) is -0.133. The summed E-state index contributed by atoms with van der Waals surface area (Å²) in [6, 6.07) is 15.1. The standard InChI is InChI=1S/C20H16FN5O/c21-17-4-2-1-3-15(17)9-10-23-19-13-24-18(12-25-19)20(27)26-16-7-5-14(11-22)6-8-16/h1-8,12-13H,9-10H2,(H,23,25)(H,26,27). The zero-order valence-electron chi connectivity index (χ0n) is 14.3. The Hall–Kier alpha value is -3.79. The summed E-state index contributed by atoms with van der Waals surface area (Å²) in [6.45, 7) is 0.492. The van der Waals surface area contributed by atoms with Crippen molar-refractivity contribution in [3.63, 3.8) is 0 Å². The highest BCUT2D eigenvalue weighted by Gasteiger charge is 2.09. The second-order valence-corrected chi connectivity index (χ2v) is 5.70. The average Bonchev–Trinajstić information content (AvgIpc) is 2.70. The number of nitrogens with one attached hydrogen (secondary N) is 2. The fourth-order valence-corrected chi connectivity index (χ4v) is 2.39. The smallest absolute Gasteiger partial charge is 0.275 e. The Labute approximate surface area is 155 Å². The van der Waals surface area contributed by atoms with Crippen LogP contribution < -0.4 is 10.6 Å². The Morgan fingerprint density at radius 3 is 2.52 bits per heavy atom. The number of amides is 1. The van der Waals surface area contributed by atoms with Crippen LogP contribution in [-0.4, -0.2) is 22.4 Å². The van der Waals surface area contributed by atoms with Crippen LogP contribution in [0.3, 0.4) is 0 Å². The molecule has 3 aromatic rings. The number of rotatable bonds is 6. The average molecular weight is 361 g/mol. The molecule has 0 saturated heterocycles. The first kappa shape index (κ1) is 18.0. The molecule has 134 valence electrons. The summed E-state index contributed by atoms with van der Waals surface area (Å²) in [5, 5.41) is 14.5. The van der Waals surface area contributed by atoms with E-state index in [4.69, 9.17) is 5.26 Å². The predicted molar refractivity (Wildman–Crippen MR) is 99.7 cm³/mol. The van der Waals surface area contributed by atoms with E-state index in [-0.39, 0.29) is 11.5 Å². The zero-order chi connectivity index (χ0) is 19.1. The van der Waals surface area contributed by atoms with Crippen molar-refractivity contribution in [3.05, 3.63) is 83.6 Å². The number of aromatic nitrogens is 2. The number of hydrogen-bond donors (Lipinski definition) is 2. The van der Waals surface area contributed by atoms with Crippen molar-refractivity contribution in [2.75, 3.05) is 17.2 Å². The van der Waals surface area contributed by atoms with E-state index < -0.39 is 5.91 Å². The molecule has 0 unspecified atom stereocenters. The van der Waals surface area contributed by atoms with Crippen molar-refractivity contribution in [2.24, 2.45) is 0 Å². The molecule has 1 aromatic heterocycles. The van der Waals surface area contributed by atoms with E-state index >= 15 is 0 Å². The molecule has 7 heteroatoms. The molecule has 2 aromatic carbocycles.